The maximum Gasteiger partial charge on any atom is 0.141 e. The Hall–Kier alpha value is -6.42. The quantitative estimate of drug-likeness (QED) is 0.178. The molecule has 11 rings (SSSR count). The van der Waals surface area contributed by atoms with Gasteiger partial charge in [-0.2, -0.15) is 0 Å². The van der Waals surface area contributed by atoms with Crippen molar-refractivity contribution in [3.05, 3.63) is 210 Å². The molecule has 1 aliphatic rings. The van der Waals surface area contributed by atoms with E-state index in [1.807, 2.05) is 11.3 Å². The molecule has 2 nitrogen and oxygen atoms in total. The van der Waals surface area contributed by atoms with E-state index in [9.17, 15) is 0 Å². The van der Waals surface area contributed by atoms with E-state index < -0.39 is 5.41 Å². The van der Waals surface area contributed by atoms with Crippen molar-refractivity contribution in [2.45, 2.75) is 11.8 Å². The number of thiophene rings is 1. The second kappa shape index (κ2) is 11.8. The van der Waals surface area contributed by atoms with Gasteiger partial charge in [-0.3, -0.25) is 0 Å². The van der Waals surface area contributed by atoms with Crippen LogP contribution in [0, 0.1) is 0 Å². The van der Waals surface area contributed by atoms with Gasteiger partial charge in [0.1, 0.15) is 11.2 Å². The van der Waals surface area contributed by atoms with E-state index in [1.54, 1.807) is 0 Å². The molecular formula is C50H33NOS. The highest BCUT2D eigenvalue weighted by atomic mass is 32.1. The van der Waals surface area contributed by atoms with Crippen LogP contribution in [-0.2, 0) is 11.8 Å². The smallest absolute Gasteiger partial charge is 0.141 e. The molecule has 10 aromatic rings. The van der Waals surface area contributed by atoms with Crippen LogP contribution in [0.25, 0.3) is 53.2 Å². The standard InChI is InChI=1S/C50H33NOS/c1-3-17-34(18-4-1)50(32-33-16-7-8-21-36(33)37-22-9-12-25-41(37)50)48-43(31-30-39-38-23-10-13-27-44(38)52-49(39)48)51(35-19-5-2-6-20-35)42-26-15-29-46-47(42)40-24-11-14-28-45(40)53-46/h1-31H,32H2. The van der Waals surface area contributed by atoms with Crippen molar-refractivity contribution in [2.75, 3.05) is 4.90 Å². The van der Waals surface area contributed by atoms with Gasteiger partial charge >= 0.3 is 0 Å². The van der Waals surface area contributed by atoms with Gasteiger partial charge in [-0.25, -0.2) is 0 Å². The van der Waals surface area contributed by atoms with E-state index in [2.05, 4.69) is 193 Å². The lowest BCUT2D eigenvalue weighted by Crippen LogP contribution is -2.36. The van der Waals surface area contributed by atoms with Crippen LogP contribution in [-0.4, -0.2) is 0 Å². The average molecular weight is 696 g/mol. The number of anilines is 3. The lowest BCUT2D eigenvalue weighted by molar-refractivity contribution is 0.587. The summed E-state index contributed by atoms with van der Waals surface area (Å²) >= 11 is 1.86. The van der Waals surface area contributed by atoms with Crippen molar-refractivity contribution in [2.24, 2.45) is 0 Å². The zero-order valence-electron chi connectivity index (χ0n) is 28.9. The topological polar surface area (TPSA) is 16.4 Å². The van der Waals surface area contributed by atoms with Crippen molar-refractivity contribution in [3.8, 4) is 11.1 Å². The summed E-state index contributed by atoms with van der Waals surface area (Å²) in [4.78, 5) is 2.50. The molecule has 2 aromatic heterocycles. The number of benzene rings is 8. The highest BCUT2D eigenvalue weighted by molar-refractivity contribution is 7.26. The van der Waals surface area contributed by atoms with Crippen molar-refractivity contribution in [3.63, 3.8) is 0 Å². The fraction of sp³-hybridized carbons (Fsp3) is 0.0400. The monoisotopic (exact) mass is 695 g/mol. The molecule has 0 fully saturated rings. The van der Waals surface area contributed by atoms with Crippen LogP contribution in [0.1, 0.15) is 22.3 Å². The highest BCUT2D eigenvalue weighted by Crippen LogP contribution is 2.57. The van der Waals surface area contributed by atoms with Gasteiger partial charge in [0.25, 0.3) is 0 Å². The van der Waals surface area contributed by atoms with Crippen LogP contribution in [0.4, 0.5) is 17.1 Å². The Balaban J connectivity index is 1.35. The zero-order chi connectivity index (χ0) is 34.9. The molecule has 1 atom stereocenters. The van der Waals surface area contributed by atoms with Crippen LogP contribution in [0.5, 0.6) is 0 Å². The third kappa shape index (κ3) is 4.44. The predicted octanol–water partition coefficient (Wildman–Crippen LogP) is 14.0. The molecule has 2 heterocycles. The molecule has 0 saturated carbocycles. The molecule has 1 unspecified atom stereocenters. The number of furan rings is 1. The molecule has 0 aliphatic heterocycles. The molecule has 1 aliphatic carbocycles. The highest BCUT2D eigenvalue weighted by Gasteiger charge is 2.46. The first-order valence-electron chi connectivity index (χ1n) is 18.2. The summed E-state index contributed by atoms with van der Waals surface area (Å²) < 4.78 is 9.72. The Morgan fingerprint density at radius 1 is 0.491 bits per heavy atom. The van der Waals surface area contributed by atoms with Gasteiger partial charge in [0.2, 0.25) is 0 Å². The van der Waals surface area contributed by atoms with Crippen molar-refractivity contribution in [1.29, 1.82) is 0 Å². The molecular weight excluding hydrogens is 663 g/mol. The zero-order valence-corrected chi connectivity index (χ0v) is 29.7. The molecule has 0 amide bonds. The fourth-order valence-corrected chi connectivity index (χ4v) is 10.2. The molecule has 8 aromatic carbocycles. The normalized spacial score (nSPS) is 15.2. The average Bonchev–Trinajstić information content (AvgIpc) is 3.80. The Morgan fingerprint density at radius 3 is 2.04 bits per heavy atom. The van der Waals surface area contributed by atoms with Crippen LogP contribution in [0.2, 0.25) is 0 Å². The minimum Gasteiger partial charge on any atom is -0.456 e. The number of hydrogen-bond acceptors (Lipinski definition) is 3. The maximum atomic E-state index is 7.17. The second-order valence-corrected chi connectivity index (χ2v) is 15.1. The fourth-order valence-electron chi connectivity index (χ4n) is 9.06. The summed E-state index contributed by atoms with van der Waals surface area (Å²) in [5.74, 6) is 0. The minimum absolute atomic E-state index is 0.605. The molecule has 0 spiro atoms. The first-order valence-corrected chi connectivity index (χ1v) is 19.0. The molecule has 0 radical (unpaired) electrons. The lowest BCUT2D eigenvalue weighted by atomic mass is 9.60. The molecule has 53 heavy (non-hydrogen) atoms. The lowest BCUT2D eigenvalue weighted by Gasteiger charge is -2.43. The third-order valence-electron chi connectivity index (χ3n) is 11.2. The molecule has 250 valence electrons. The first kappa shape index (κ1) is 30.2. The number of fused-ring (bicyclic) bond motifs is 9. The van der Waals surface area contributed by atoms with Gasteiger partial charge in [0, 0.05) is 42.2 Å². The Bertz CT molecular complexity index is 2990. The van der Waals surface area contributed by atoms with Crippen molar-refractivity contribution in [1.82, 2.24) is 0 Å². The summed E-state index contributed by atoms with van der Waals surface area (Å²) in [6, 6.07) is 68.7. The van der Waals surface area contributed by atoms with E-state index >= 15 is 0 Å². The summed E-state index contributed by atoms with van der Waals surface area (Å²) in [5, 5.41) is 4.78. The summed E-state index contributed by atoms with van der Waals surface area (Å²) in [6.07, 6.45) is 0.779. The second-order valence-electron chi connectivity index (χ2n) is 14.0. The largest absolute Gasteiger partial charge is 0.456 e. The number of para-hydroxylation sites is 2. The molecule has 0 saturated heterocycles. The summed E-state index contributed by atoms with van der Waals surface area (Å²) in [6.45, 7) is 0. The van der Waals surface area contributed by atoms with Crippen LogP contribution >= 0.6 is 11.3 Å². The van der Waals surface area contributed by atoms with E-state index in [-0.39, 0.29) is 0 Å². The van der Waals surface area contributed by atoms with Gasteiger partial charge in [0.05, 0.1) is 16.8 Å². The van der Waals surface area contributed by atoms with Crippen LogP contribution in [0.15, 0.2) is 192 Å². The maximum absolute atomic E-state index is 7.17. The molecule has 3 heteroatoms. The number of rotatable bonds is 5. The summed E-state index contributed by atoms with van der Waals surface area (Å²) in [7, 11) is 0. The van der Waals surface area contributed by atoms with Crippen LogP contribution in [0.3, 0.4) is 0 Å². The third-order valence-corrected chi connectivity index (χ3v) is 12.4. The van der Waals surface area contributed by atoms with Gasteiger partial charge < -0.3 is 9.32 Å². The minimum atomic E-state index is -0.605. The Morgan fingerprint density at radius 2 is 1.17 bits per heavy atom. The van der Waals surface area contributed by atoms with Crippen molar-refractivity contribution < 1.29 is 4.42 Å². The number of nitrogens with zero attached hydrogens (tertiary/aromatic N) is 1. The van der Waals surface area contributed by atoms with Crippen molar-refractivity contribution >= 4 is 70.5 Å². The first-order chi connectivity index (χ1) is 26.3. The predicted molar refractivity (Wildman–Crippen MR) is 223 cm³/mol. The Labute approximate surface area is 311 Å². The molecule has 0 N–H and O–H groups in total. The van der Waals surface area contributed by atoms with E-state index in [0.717, 1.165) is 45.4 Å². The van der Waals surface area contributed by atoms with Gasteiger partial charge in [-0.15, -0.1) is 11.3 Å². The van der Waals surface area contributed by atoms with Crippen LogP contribution < -0.4 is 4.90 Å². The van der Waals surface area contributed by atoms with Gasteiger partial charge in [-0.1, -0.05) is 140 Å². The van der Waals surface area contributed by atoms with Gasteiger partial charge in [-0.05, 0) is 82.8 Å². The summed E-state index contributed by atoms with van der Waals surface area (Å²) in [5.41, 5.74) is 12.1. The van der Waals surface area contributed by atoms with E-state index in [1.165, 1.54) is 53.6 Å². The molecule has 0 bridgehead atoms. The SMILES string of the molecule is c1ccc(N(c2ccc3c(oc4ccccc43)c2C2(c3ccccc3)Cc3ccccc3-c3ccccc32)c2cccc3sc4ccccc4c23)cc1. The Kier molecular flexibility index (Phi) is 6.74. The van der Waals surface area contributed by atoms with E-state index in [4.69, 9.17) is 4.42 Å². The number of hydrogen-bond donors (Lipinski definition) is 0. The van der Waals surface area contributed by atoms with Gasteiger partial charge in [0.15, 0.2) is 0 Å². The van der Waals surface area contributed by atoms with E-state index in [0.29, 0.717) is 0 Å².